The van der Waals surface area contributed by atoms with Gasteiger partial charge >= 0.3 is 5.97 Å². The number of pyridine rings is 1. The molecule has 0 spiro atoms. The van der Waals surface area contributed by atoms with Gasteiger partial charge in [0.1, 0.15) is 5.75 Å². The van der Waals surface area contributed by atoms with Gasteiger partial charge in [-0.1, -0.05) is 12.1 Å². The number of hydrogen-bond donors (Lipinski definition) is 0. The summed E-state index contributed by atoms with van der Waals surface area (Å²) in [5, 5.41) is 0. The van der Waals surface area contributed by atoms with Crippen LogP contribution in [-0.2, 0) is 9.53 Å². The molecule has 20 heavy (non-hydrogen) atoms. The van der Waals surface area contributed by atoms with Gasteiger partial charge in [-0.3, -0.25) is 9.98 Å². The van der Waals surface area contributed by atoms with Crippen LogP contribution >= 0.6 is 0 Å². The lowest BCUT2D eigenvalue weighted by atomic mass is 10.2. The Labute approximate surface area is 116 Å². The van der Waals surface area contributed by atoms with E-state index in [1.807, 2.05) is 24.3 Å². The predicted octanol–water partition coefficient (Wildman–Crippen LogP) is 2.38. The van der Waals surface area contributed by atoms with E-state index in [9.17, 15) is 4.79 Å². The van der Waals surface area contributed by atoms with Crippen LogP contribution in [0.5, 0.6) is 5.75 Å². The Morgan fingerprint density at radius 2 is 2.25 bits per heavy atom. The minimum atomic E-state index is -0.417. The van der Waals surface area contributed by atoms with Crippen LogP contribution in [-0.4, -0.2) is 30.9 Å². The molecule has 102 valence electrons. The van der Waals surface area contributed by atoms with Gasteiger partial charge in [0, 0.05) is 12.4 Å². The van der Waals surface area contributed by atoms with Crippen LogP contribution in [0.25, 0.3) is 0 Å². The zero-order chi connectivity index (χ0) is 14.2. The highest BCUT2D eigenvalue weighted by atomic mass is 16.6. The molecule has 1 aromatic carbocycles. The second-order valence-electron chi connectivity index (χ2n) is 3.91. The summed E-state index contributed by atoms with van der Waals surface area (Å²) in [7, 11) is 1.32. The monoisotopic (exact) mass is 270 g/mol. The van der Waals surface area contributed by atoms with E-state index in [1.54, 1.807) is 30.7 Å². The molecule has 0 aliphatic rings. The van der Waals surface area contributed by atoms with E-state index in [0.717, 1.165) is 11.3 Å². The predicted molar refractivity (Wildman–Crippen MR) is 75.4 cm³/mol. The Bertz CT molecular complexity index is 597. The summed E-state index contributed by atoms with van der Waals surface area (Å²) >= 11 is 0. The number of ether oxygens (including phenoxy) is 2. The quantitative estimate of drug-likeness (QED) is 0.618. The zero-order valence-electron chi connectivity index (χ0n) is 11.0. The second-order valence-corrected chi connectivity index (χ2v) is 3.91. The molecule has 0 fully saturated rings. The van der Waals surface area contributed by atoms with E-state index in [2.05, 4.69) is 14.7 Å². The van der Waals surface area contributed by atoms with Crippen molar-refractivity contribution in [1.82, 2.24) is 4.98 Å². The molecule has 0 saturated carbocycles. The summed E-state index contributed by atoms with van der Waals surface area (Å²) in [6.45, 7) is -0.111. The van der Waals surface area contributed by atoms with Crippen LogP contribution in [0, 0.1) is 0 Å². The summed E-state index contributed by atoms with van der Waals surface area (Å²) in [6.07, 6.45) is 5.08. The fraction of sp³-hybridized carbons (Fsp3) is 0.133. The average molecular weight is 270 g/mol. The van der Waals surface area contributed by atoms with E-state index in [4.69, 9.17) is 4.74 Å². The molecule has 0 radical (unpaired) electrons. The van der Waals surface area contributed by atoms with Crippen molar-refractivity contribution >= 4 is 17.9 Å². The van der Waals surface area contributed by atoms with Crippen LogP contribution in [0.1, 0.15) is 5.56 Å². The van der Waals surface area contributed by atoms with E-state index < -0.39 is 5.97 Å². The maximum atomic E-state index is 11.0. The normalized spacial score (nSPS) is 10.4. The largest absolute Gasteiger partial charge is 0.482 e. The van der Waals surface area contributed by atoms with Crippen molar-refractivity contribution in [2.24, 2.45) is 4.99 Å². The molecule has 5 heteroatoms. The van der Waals surface area contributed by atoms with Crippen LogP contribution in [0.15, 0.2) is 53.8 Å². The lowest BCUT2D eigenvalue weighted by Gasteiger charge is -2.04. The van der Waals surface area contributed by atoms with Crippen molar-refractivity contribution in [3.8, 4) is 5.75 Å². The Balaban J connectivity index is 2.02. The van der Waals surface area contributed by atoms with Gasteiger partial charge in [0.2, 0.25) is 0 Å². The maximum absolute atomic E-state index is 11.0. The van der Waals surface area contributed by atoms with E-state index >= 15 is 0 Å². The van der Waals surface area contributed by atoms with Crippen molar-refractivity contribution in [3.63, 3.8) is 0 Å². The lowest BCUT2D eigenvalue weighted by Crippen LogP contribution is -2.12. The zero-order valence-corrected chi connectivity index (χ0v) is 11.0. The van der Waals surface area contributed by atoms with Crippen molar-refractivity contribution in [1.29, 1.82) is 0 Å². The van der Waals surface area contributed by atoms with Gasteiger partial charge in [-0.2, -0.15) is 0 Å². The molecule has 0 N–H and O–H groups in total. The number of esters is 1. The third-order valence-electron chi connectivity index (χ3n) is 2.45. The van der Waals surface area contributed by atoms with Gasteiger partial charge in [0.05, 0.1) is 19.0 Å². The molecule has 1 aromatic heterocycles. The lowest BCUT2D eigenvalue weighted by molar-refractivity contribution is -0.142. The smallest absolute Gasteiger partial charge is 0.343 e. The Hall–Kier alpha value is -2.69. The molecular weight excluding hydrogens is 256 g/mol. The highest BCUT2D eigenvalue weighted by molar-refractivity contribution is 5.82. The molecule has 0 amide bonds. The minimum Gasteiger partial charge on any atom is -0.482 e. The standard InChI is InChI=1S/C15H14N2O3/c1-19-15(18)11-20-14-6-2-4-12(8-14)9-17-13-5-3-7-16-10-13/h2-10H,11H2,1H3. The number of hydrogen-bond acceptors (Lipinski definition) is 5. The van der Waals surface area contributed by atoms with Crippen LogP contribution in [0.2, 0.25) is 0 Å². The first-order chi connectivity index (χ1) is 9.78. The number of benzene rings is 1. The molecule has 0 saturated heterocycles. The first kappa shape index (κ1) is 13.7. The van der Waals surface area contributed by atoms with Gasteiger partial charge in [-0.15, -0.1) is 0 Å². The summed E-state index contributed by atoms with van der Waals surface area (Å²) in [5.41, 5.74) is 1.64. The number of carbonyl (C=O) groups is 1. The number of nitrogens with zero attached hydrogens (tertiary/aromatic N) is 2. The van der Waals surface area contributed by atoms with Gasteiger partial charge < -0.3 is 9.47 Å². The Kier molecular flexibility index (Phi) is 4.83. The number of methoxy groups -OCH3 is 1. The van der Waals surface area contributed by atoms with E-state index in [0.29, 0.717) is 5.75 Å². The van der Waals surface area contributed by atoms with Crippen LogP contribution in [0.3, 0.4) is 0 Å². The van der Waals surface area contributed by atoms with Crippen molar-refractivity contribution < 1.29 is 14.3 Å². The number of carbonyl (C=O) groups excluding carboxylic acids is 1. The molecule has 2 aromatic rings. The minimum absolute atomic E-state index is 0.111. The molecule has 0 aliphatic heterocycles. The van der Waals surface area contributed by atoms with Gasteiger partial charge in [0.25, 0.3) is 0 Å². The van der Waals surface area contributed by atoms with E-state index in [-0.39, 0.29) is 6.61 Å². The molecule has 2 rings (SSSR count). The Morgan fingerprint density at radius 1 is 1.35 bits per heavy atom. The van der Waals surface area contributed by atoms with Gasteiger partial charge in [-0.25, -0.2) is 4.79 Å². The molecule has 0 aliphatic carbocycles. The molecule has 0 bridgehead atoms. The highest BCUT2D eigenvalue weighted by Crippen LogP contribution is 2.13. The van der Waals surface area contributed by atoms with Crippen molar-refractivity contribution in [2.45, 2.75) is 0 Å². The fourth-order valence-corrected chi connectivity index (χ4v) is 1.47. The summed E-state index contributed by atoms with van der Waals surface area (Å²) in [6, 6.07) is 11.0. The van der Waals surface area contributed by atoms with Gasteiger partial charge in [-0.05, 0) is 29.8 Å². The molecule has 0 atom stereocenters. The third-order valence-corrected chi connectivity index (χ3v) is 2.45. The first-order valence-electron chi connectivity index (χ1n) is 6.02. The fourth-order valence-electron chi connectivity index (χ4n) is 1.47. The summed E-state index contributed by atoms with van der Waals surface area (Å²) in [4.78, 5) is 19.3. The van der Waals surface area contributed by atoms with Crippen LogP contribution in [0.4, 0.5) is 5.69 Å². The van der Waals surface area contributed by atoms with Crippen molar-refractivity contribution in [2.75, 3.05) is 13.7 Å². The molecular formula is C15H14N2O3. The van der Waals surface area contributed by atoms with E-state index in [1.165, 1.54) is 7.11 Å². The summed E-state index contributed by atoms with van der Waals surface area (Å²) < 4.78 is 9.81. The maximum Gasteiger partial charge on any atom is 0.343 e. The number of aliphatic imine (C=N–C) groups is 1. The van der Waals surface area contributed by atoms with Crippen molar-refractivity contribution in [3.05, 3.63) is 54.4 Å². The van der Waals surface area contributed by atoms with Crippen LogP contribution < -0.4 is 4.74 Å². The number of rotatable bonds is 5. The Morgan fingerprint density at radius 3 is 3.00 bits per heavy atom. The first-order valence-corrected chi connectivity index (χ1v) is 6.02. The molecule has 5 nitrogen and oxygen atoms in total. The summed E-state index contributed by atoms with van der Waals surface area (Å²) in [5.74, 6) is 0.171. The van der Waals surface area contributed by atoms with Gasteiger partial charge in [0.15, 0.2) is 6.61 Å². The second kappa shape index (κ2) is 7.04. The topological polar surface area (TPSA) is 60.8 Å². The highest BCUT2D eigenvalue weighted by Gasteiger charge is 2.01. The SMILES string of the molecule is COC(=O)COc1cccc(C=Nc2cccnc2)c1. The molecule has 1 heterocycles. The third kappa shape index (κ3) is 4.20. The molecule has 0 unspecified atom stereocenters. The number of aromatic nitrogens is 1. The average Bonchev–Trinajstić information content (AvgIpc) is 2.52.